The number of aliphatic imine (C=N–C) groups is 1. The van der Waals surface area contributed by atoms with E-state index in [1.54, 1.807) is 18.5 Å². The first kappa shape index (κ1) is 23.3. The standard InChI is InChI=1S/C22H21ClFN3O5S/c1-2-31-22(30)16-17(11-3-6-15(21(28)29)32-10-11)26-19(20-25-7-8-33-20)27-18(16)13-5-4-12(24)9-14(13)23/h4-5,7-9,11,15,18H,2-3,6,10H2,1H3,(H,26,27)(H,28,29). The molecular formula is C22H21ClFN3O5S. The van der Waals surface area contributed by atoms with Gasteiger partial charge in [0, 0.05) is 33.8 Å². The van der Waals surface area contributed by atoms with E-state index >= 15 is 0 Å². The molecule has 2 aliphatic heterocycles. The largest absolute Gasteiger partial charge is 0.479 e. The second-order valence-electron chi connectivity index (χ2n) is 7.49. The Kier molecular flexibility index (Phi) is 7.06. The number of amidine groups is 1. The predicted molar refractivity (Wildman–Crippen MR) is 120 cm³/mol. The van der Waals surface area contributed by atoms with Crippen LogP contribution in [0.15, 0.2) is 46.0 Å². The van der Waals surface area contributed by atoms with Crippen LogP contribution >= 0.6 is 22.9 Å². The van der Waals surface area contributed by atoms with Crippen LogP contribution in [0.3, 0.4) is 0 Å². The van der Waals surface area contributed by atoms with Crippen LogP contribution in [0.25, 0.3) is 0 Å². The van der Waals surface area contributed by atoms with E-state index in [0.717, 1.165) is 0 Å². The van der Waals surface area contributed by atoms with Gasteiger partial charge in [-0.1, -0.05) is 17.7 Å². The number of halogens is 2. The molecule has 4 rings (SSSR count). The minimum Gasteiger partial charge on any atom is -0.479 e. The average Bonchev–Trinajstić information content (AvgIpc) is 3.33. The molecule has 0 aliphatic carbocycles. The van der Waals surface area contributed by atoms with Gasteiger partial charge in [0.05, 0.1) is 18.8 Å². The SMILES string of the molecule is CCOC(=O)C1=C(C2CCC(C(=O)O)OC2)NC(c2nccs2)=NC1c1ccc(F)cc1Cl. The molecule has 0 bridgehead atoms. The van der Waals surface area contributed by atoms with Gasteiger partial charge in [-0.3, -0.25) is 4.99 Å². The number of rotatable bonds is 6. The Labute approximate surface area is 198 Å². The number of aliphatic carboxylic acids is 1. The van der Waals surface area contributed by atoms with Gasteiger partial charge in [0.15, 0.2) is 16.9 Å². The Morgan fingerprint density at radius 3 is 2.82 bits per heavy atom. The minimum atomic E-state index is -1.02. The van der Waals surface area contributed by atoms with E-state index in [2.05, 4.69) is 10.3 Å². The highest BCUT2D eigenvalue weighted by Crippen LogP contribution is 2.40. The number of carbonyl (C=O) groups is 2. The van der Waals surface area contributed by atoms with E-state index in [-0.39, 0.29) is 36.1 Å². The lowest BCUT2D eigenvalue weighted by Gasteiger charge is -2.34. The number of carbonyl (C=O) groups excluding carboxylic acids is 1. The number of thiazole rings is 1. The fourth-order valence-corrected chi connectivity index (χ4v) is 4.75. The van der Waals surface area contributed by atoms with Crippen LogP contribution in [0, 0.1) is 11.7 Å². The number of hydrogen-bond donors (Lipinski definition) is 2. The number of benzene rings is 1. The Balaban J connectivity index is 1.82. The Bertz CT molecular complexity index is 1110. The summed E-state index contributed by atoms with van der Waals surface area (Å²) in [7, 11) is 0. The number of hydrogen-bond acceptors (Lipinski definition) is 8. The van der Waals surface area contributed by atoms with Gasteiger partial charge in [0.1, 0.15) is 11.9 Å². The van der Waals surface area contributed by atoms with Gasteiger partial charge in [-0.2, -0.15) is 0 Å². The third kappa shape index (κ3) is 4.92. The summed E-state index contributed by atoms with van der Waals surface area (Å²) >= 11 is 7.72. The van der Waals surface area contributed by atoms with E-state index in [0.29, 0.717) is 28.5 Å². The lowest BCUT2D eigenvalue weighted by molar-refractivity contribution is -0.154. The van der Waals surface area contributed by atoms with Crippen LogP contribution in [0.4, 0.5) is 4.39 Å². The number of carboxylic acids is 1. The van der Waals surface area contributed by atoms with Gasteiger partial charge in [0.25, 0.3) is 0 Å². The van der Waals surface area contributed by atoms with E-state index < -0.39 is 29.9 Å². The van der Waals surface area contributed by atoms with Crippen molar-refractivity contribution >= 4 is 40.7 Å². The van der Waals surface area contributed by atoms with Crippen molar-refractivity contribution in [1.82, 2.24) is 10.3 Å². The summed E-state index contributed by atoms with van der Waals surface area (Å²) in [6.45, 7) is 1.93. The molecule has 3 atom stereocenters. The van der Waals surface area contributed by atoms with E-state index in [1.165, 1.54) is 29.5 Å². The molecule has 174 valence electrons. The summed E-state index contributed by atoms with van der Waals surface area (Å²) < 4.78 is 24.6. The van der Waals surface area contributed by atoms with Crippen LogP contribution in [-0.2, 0) is 19.1 Å². The molecule has 8 nitrogen and oxygen atoms in total. The van der Waals surface area contributed by atoms with Crippen molar-refractivity contribution in [2.45, 2.75) is 31.9 Å². The quantitative estimate of drug-likeness (QED) is 0.590. The molecule has 33 heavy (non-hydrogen) atoms. The van der Waals surface area contributed by atoms with Crippen molar-refractivity contribution in [3.63, 3.8) is 0 Å². The van der Waals surface area contributed by atoms with Gasteiger partial charge in [0.2, 0.25) is 0 Å². The van der Waals surface area contributed by atoms with Gasteiger partial charge < -0.3 is 19.9 Å². The second-order valence-corrected chi connectivity index (χ2v) is 8.79. The number of carboxylic acid groups (broad SMARTS) is 1. The summed E-state index contributed by atoms with van der Waals surface area (Å²) in [6.07, 6.45) is 1.49. The number of ether oxygens (including phenoxy) is 2. The highest BCUT2D eigenvalue weighted by molar-refractivity contribution is 7.11. The maximum absolute atomic E-state index is 13.8. The summed E-state index contributed by atoms with van der Waals surface area (Å²) in [6, 6.07) is 3.04. The Hall–Kier alpha value is -2.82. The van der Waals surface area contributed by atoms with Crippen LogP contribution in [-0.4, -0.2) is 47.2 Å². The average molecular weight is 494 g/mol. The molecule has 0 saturated carbocycles. The van der Waals surface area contributed by atoms with E-state index in [1.807, 2.05) is 0 Å². The lowest BCUT2D eigenvalue weighted by atomic mass is 9.87. The van der Waals surface area contributed by atoms with Crippen molar-refractivity contribution in [3.8, 4) is 0 Å². The first-order valence-corrected chi connectivity index (χ1v) is 11.6. The van der Waals surface area contributed by atoms with Crippen LogP contribution < -0.4 is 5.32 Å². The molecule has 0 spiro atoms. The predicted octanol–water partition coefficient (Wildman–Crippen LogP) is 3.72. The van der Waals surface area contributed by atoms with Crippen molar-refractivity contribution in [2.24, 2.45) is 10.9 Å². The molecule has 2 aromatic rings. The zero-order valence-corrected chi connectivity index (χ0v) is 19.2. The summed E-state index contributed by atoms with van der Waals surface area (Å²) in [5, 5.41) is 15.0. The van der Waals surface area contributed by atoms with Gasteiger partial charge >= 0.3 is 11.9 Å². The molecule has 2 N–H and O–H groups in total. The molecular weight excluding hydrogens is 473 g/mol. The molecule has 3 unspecified atom stereocenters. The number of nitrogens with one attached hydrogen (secondary N) is 1. The fourth-order valence-electron chi connectivity index (χ4n) is 3.89. The number of aromatic nitrogens is 1. The molecule has 11 heteroatoms. The van der Waals surface area contributed by atoms with Crippen molar-refractivity contribution < 1.29 is 28.6 Å². The smallest absolute Gasteiger partial charge is 0.338 e. The lowest BCUT2D eigenvalue weighted by Crippen LogP contribution is -2.41. The van der Waals surface area contributed by atoms with Crippen LogP contribution in [0.2, 0.25) is 5.02 Å². The molecule has 0 amide bonds. The summed E-state index contributed by atoms with van der Waals surface area (Å²) in [5.41, 5.74) is 1.19. The highest BCUT2D eigenvalue weighted by atomic mass is 35.5. The zero-order valence-electron chi connectivity index (χ0n) is 17.6. The normalized spacial score (nSPS) is 23.0. The van der Waals surface area contributed by atoms with Crippen molar-refractivity contribution in [1.29, 1.82) is 0 Å². The first-order valence-electron chi connectivity index (χ1n) is 10.3. The topological polar surface area (TPSA) is 110 Å². The van der Waals surface area contributed by atoms with E-state index in [4.69, 9.17) is 26.1 Å². The maximum Gasteiger partial charge on any atom is 0.338 e. The highest BCUT2D eigenvalue weighted by Gasteiger charge is 2.39. The van der Waals surface area contributed by atoms with Crippen LogP contribution in [0.1, 0.15) is 36.4 Å². The third-order valence-electron chi connectivity index (χ3n) is 5.42. The van der Waals surface area contributed by atoms with Gasteiger partial charge in [-0.05, 0) is 31.9 Å². The minimum absolute atomic E-state index is 0.0945. The number of esters is 1. The summed E-state index contributed by atoms with van der Waals surface area (Å²) in [5.74, 6) is -2.01. The maximum atomic E-state index is 13.8. The Morgan fingerprint density at radius 1 is 1.39 bits per heavy atom. The van der Waals surface area contributed by atoms with Gasteiger partial charge in [-0.25, -0.2) is 19.0 Å². The molecule has 2 aliphatic rings. The molecule has 1 saturated heterocycles. The monoisotopic (exact) mass is 493 g/mol. The summed E-state index contributed by atoms with van der Waals surface area (Å²) in [4.78, 5) is 33.5. The van der Waals surface area contributed by atoms with Crippen LogP contribution in [0.5, 0.6) is 0 Å². The zero-order chi connectivity index (χ0) is 23.5. The molecule has 1 aromatic heterocycles. The van der Waals surface area contributed by atoms with Crippen molar-refractivity contribution in [3.05, 3.63) is 62.5 Å². The second kappa shape index (κ2) is 9.98. The molecule has 3 heterocycles. The first-order chi connectivity index (χ1) is 15.9. The molecule has 1 fully saturated rings. The Morgan fingerprint density at radius 2 is 2.21 bits per heavy atom. The molecule has 0 radical (unpaired) electrons. The number of nitrogens with zero attached hydrogens (tertiary/aromatic N) is 2. The van der Waals surface area contributed by atoms with E-state index in [9.17, 15) is 19.1 Å². The molecule has 1 aromatic carbocycles. The fraction of sp³-hybridized carbons (Fsp3) is 0.364. The van der Waals surface area contributed by atoms with Gasteiger partial charge in [-0.15, -0.1) is 11.3 Å². The third-order valence-corrected chi connectivity index (χ3v) is 6.53. The van der Waals surface area contributed by atoms with Crippen molar-refractivity contribution in [2.75, 3.05) is 13.2 Å².